The summed E-state index contributed by atoms with van der Waals surface area (Å²) in [7, 11) is 0. The van der Waals surface area contributed by atoms with Gasteiger partial charge < -0.3 is 10.6 Å². The predicted octanol–water partition coefficient (Wildman–Crippen LogP) is 2.78. The lowest BCUT2D eigenvalue weighted by Gasteiger charge is -2.23. The van der Waals surface area contributed by atoms with Crippen LogP contribution in [0.4, 0.5) is 0 Å². The number of nitrogens with one attached hydrogen (secondary N) is 2. The maximum Gasteiger partial charge on any atom is 0.261 e. The monoisotopic (exact) mass is 314 g/mol. The van der Waals surface area contributed by atoms with Crippen LogP contribution in [0.3, 0.4) is 0 Å². The molecule has 2 heterocycles. The van der Waals surface area contributed by atoms with Crippen LogP contribution in [0.2, 0.25) is 0 Å². The summed E-state index contributed by atoms with van der Waals surface area (Å²) in [6, 6.07) is 2.48. The molecule has 1 aromatic rings. The molecule has 1 atom stereocenters. The second kappa shape index (κ2) is 6.92. The molecule has 0 aromatic carbocycles. The molecule has 0 bridgehead atoms. The zero-order valence-electron chi connectivity index (χ0n) is 11.9. The summed E-state index contributed by atoms with van der Waals surface area (Å²) in [5.41, 5.74) is 1.42. The number of amides is 1. The number of hydrogen-bond acceptors (Lipinski definition) is 3. The maximum absolute atomic E-state index is 12.3. The van der Waals surface area contributed by atoms with Crippen LogP contribution in [-0.4, -0.2) is 25.0 Å². The second-order valence-electron chi connectivity index (χ2n) is 5.90. The standard InChI is InChI=1S/C15H22N2OS.ClH/c1-10-2-3-13-11(8-10)9-14(19-13)15(18)17-12-4-6-16-7-5-12;/h9-10,12,16H,2-8H2,1H3,(H,17,18);1H. The molecule has 1 aliphatic heterocycles. The summed E-state index contributed by atoms with van der Waals surface area (Å²) < 4.78 is 0. The Bertz CT molecular complexity index is 468. The Kier molecular flexibility index (Phi) is 5.47. The van der Waals surface area contributed by atoms with Crippen LogP contribution in [0.15, 0.2) is 6.07 Å². The van der Waals surface area contributed by atoms with Crippen LogP contribution < -0.4 is 10.6 Å². The van der Waals surface area contributed by atoms with Gasteiger partial charge in [0.25, 0.3) is 5.91 Å². The molecule has 1 aliphatic carbocycles. The topological polar surface area (TPSA) is 41.1 Å². The molecule has 2 aliphatic rings. The van der Waals surface area contributed by atoms with E-state index in [0.29, 0.717) is 6.04 Å². The Labute approximate surface area is 130 Å². The van der Waals surface area contributed by atoms with Crippen molar-refractivity contribution in [2.75, 3.05) is 13.1 Å². The molecule has 5 heteroatoms. The smallest absolute Gasteiger partial charge is 0.261 e. The first-order valence-electron chi connectivity index (χ1n) is 7.35. The minimum atomic E-state index is 0. The van der Waals surface area contributed by atoms with Gasteiger partial charge in [-0.15, -0.1) is 23.7 Å². The van der Waals surface area contributed by atoms with Gasteiger partial charge in [0.15, 0.2) is 0 Å². The van der Waals surface area contributed by atoms with Crippen molar-refractivity contribution in [3.63, 3.8) is 0 Å². The Morgan fingerprint density at radius 2 is 2.10 bits per heavy atom. The van der Waals surface area contributed by atoms with E-state index < -0.39 is 0 Å². The van der Waals surface area contributed by atoms with Gasteiger partial charge in [0.1, 0.15) is 0 Å². The highest BCUT2D eigenvalue weighted by atomic mass is 35.5. The Hall–Kier alpha value is -0.580. The fourth-order valence-corrected chi connectivity index (χ4v) is 4.15. The van der Waals surface area contributed by atoms with Gasteiger partial charge in [0.2, 0.25) is 0 Å². The van der Waals surface area contributed by atoms with Crippen molar-refractivity contribution in [2.45, 2.75) is 45.1 Å². The summed E-state index contributed by atoms with van der Waals surface area (Å²) >= 11 is 1.71. The van der Waals surface area contributed by atoms with Gasteiger partial charge in [-0.05, 0) is 62.7 Å². The number of hydrogen-bond donors (Lipinski definition) is 2. The Morgan fingerprint density at radius 1 is 1.35 bits per heavy atom. The van der Waals surface area contributed by atoms with Gasteiger partial charge >= 0.3 is 0 Å². The van der Waals surface area contributed by atoms with Crippen LogP contribution in [0.25, 0.3) is 0 Å². The van der Waals surface area contributed by atoms with Crippen molar-refractivity contribution in [1.29, 1.82) is 0 Å². The largest absolute Gasteiger partial charge is 0.349 e. The summed E-state index contributed by atoms with van der Waals surface area (Å²) in [6.45, 7) is 4.34. The van der Waals surface area contributed by atoms with E-state index in [-0.39, 0.29) is 18.3 Å². The molecule has 2 N–H and O–H groups in total. The number of carbonyl (C=O) groups excluding carboxylic acids is 1. The molecule has 3 nitrogen and oxygen atoms in total. The van der Waals surface area contributed by atoms with Crippen LogP contribution >= 0.6 is 23.7 Å². The third-order valence-electron chi connectivity index (χ3n) is 4.23. The number of fused-ring (bicyclic) bond motifs is 1. The van der Waals surface area contributed by atoms with E-state index in [9.17, 15) is 4.79 Å². The number of aryl methyl sites for hydroxylation is 1. The third-order valence-corrected chi connectivity index (χ3v) is 5.46. The Morgan fingerprint density at radius 3 is 2.85 bits per heavy atom. The molecule has 0 spiro atoms. The molecule has 112 valence electrons. The van der Waals surface area contributed by atoms with Gasteiger partial charge in [-0.1, -0.05) is 6.92 Å². The van der Waals surface area contributed by atoms with Gasteiger partial charge in [-0.3, -0.25) is 4.79 Å². The molecule has 1 fully saturated rings. The molecule has 20 heavy (non-hydrogen) atoms. The highest BCUT2D eigenvalue weighted by Gasteiger charge is 2.22. The van der Waals surface area contributed by atoms with E-state index >= 15 is 0 Å². The summed E-state index contributed by atoms with van der Waals surface area (Å²) in [5, 5.41) is 6.51. The van der Waals surface area contributed by atoms with Gasteiger partial charge in [-0.2, -0.15) is 0 Å². The maximum atomic E-state index is 12.3. The van der Waals surface area contributed by atoms with Gasteiger partial charge in [-0.25, -0.2) is 0 Å². The SMILES string of the molecule is CC1CCc2sc(C(=O)NC3CCNCC3)cc2C1.Cl. The zero-order chi connectivity index (χ0) is 13.2. The van der Waals surface area contributed by atoms with Crippen molar-refractivity contribution in [2.24, 2.45) is 5.92 Å². The van der Waals surface area contributed by atoms with Crippen molar-refractivity contribution in [3.8, 4) is 0 Å². The minimum absolute atomic E-state index is 0. The van der Waals surface area contributed by atoms with Crippen molar-refractivity contribution >= 4 is 29.7 Å². The summed E-state index contributed by atoms with van der Waals surface area (Å²) in [4.78, 5) is 14.6. The van der Waals surface area contributed by atoms with Gasteiger partial charge in [0.05, 0.1) is 4.88 Å². The average molecular weight is 315 g/mol. The molecule has 1 aromatic heterocycles. The third kappa shape index (κ3) is 3.54. The molecular weight excluding hydrogens is 292 g/mol. The minimum Gasteiger partial charge on any atom is -0.349 e. The van der Waals surface area contributed by atoms with E-state index in [1.54, 1.807) is 11.3 Å². The molecular formula is C15H23ClN2OS. The predicted molar refractivity (Wildman–Crippen MR) is 86.1 cm³/mol. The first-order valence-corrected chi connectivity index (χ1v) is 8.17. The van der Waals surface area contributed by atoms with Crippen molar-refractivity contribution < 1.29 is 4.79 Å². The Balaban J connectivity index is 0.00000147. The number of halogens is 1. The first kappa shape index (κ1) is 15.8. The quantitative estimate of drug-likeness (QED) is 0.881. The summed E-state index contributed by atoms with van der Waals surface area (Å²) in [6.07, 6.45) is 5.67. The summed E-state index contributed by atoms with van der Waals surface area (Å²) in [5.74, 6) is 0.904. The van der Waals surface area contributed by atoms with Crippen LogP contribution in [0.5, 0.6) is 0 Å². The number of rotatable bonds is 2. The number of piperidine rings is 1. The molecule has 0 radical (unpaired) electrons. The average Bonchev–Trinajstić information content (AvgIpc) is 2.83. The lowest BCUT2D eigenvalue weighted by Crippen LogP contribution is -2.42. The zero-order valence-corrected chi connectivity index (χ0v) is 13.5. The van der Waals surface area contributed by atoms with Crippen LogP contribution in [0, 0.1) is 5.92 Å². The van der Waals surface area contributed by atoms with E-state index in [1.807, 2.05) is 0 Å². The van der Waals surface area contributed by atoms with E-state index in [2.05, 4.69) is 23.6 Å². The number of thiophene rings is 1. The normalized spacial score (nSPS) is 22.8. The van der Waals surface area contributed by atoms with E-state index in [1.165, 1.54) is 16.9 Å². The second-order valence-corrected chi connectivity index (χ2v) is 7.04. The molecule has 1 unspecified atom stereocenters. The molecule has 3 rings (SSSR count). The van der Waals surface area contributed by atoms with E-state index in [0.717, 1.165) is 49.6 Å². The fourth-order valence-electron chi connectivity index (χ4n) is 3.04. The van der Waals surface area contributed by atoms with Crippen LogP contribution in [0.1, 0.15) is 46.3 Å². The van der Waals surface area contributed by atoms with Crippen molar-refractivity contribution in [3.05, 3.63) is 21.4 Å². The highest BCUT2D eigenvalue weighted by molar-refractivity contribution is 7.14. The van der Waals surface area contributed by atoms with E-state index in [4.69, 9.17) is 0 Å². The van der Waals surface area contributed by atoms with Crippen molar-refractivity contribution in [1.82, 2.24) is 10.6 Å². The highest BCUT2D eigenvalue weighted by Crippen LogP contribution is 2.32. The lowest BCUT2D eigenvalue weighted by atomic mass is 9.90. The number of carbonyl (C=O) groups is 1. The molecule has 1 amide bonds. The molecule has 1 saturated heterocycles. The van der Waals surface area contributed by atoms with Crippen LogP contribution in [-0.2, 0) is 12.8 Å². The molecule has 0 saturated carbocycles. The van der Waals surface area contributed by atoms with Gasteiger partial charge in [0, 0.05) is 10.9 Å². The first-order chi connectivity index (χ1) is 9.22. The lowest BCUT2D eigenvalue weighted by molar-refractivity contribution is 0.0933. The fraction of sp³-hybridized carbons (Fsp3) is 0.667.